The molecule has 2 nitrogen and oxygen atoms in total. The van der Waals surface area contributed by atoms with Gasteiger partial charge in [-0.05, 0) is 0 Å². The predicted octanol–water partition coefficient (Wildman–Crippen LogP) is 4.59. The number of aromatic nitrogens is 1. The molecule has 0 spiro atoms. The second-order valence-corrected chi connectivity index (χ2v) is 22.1. The first-order chi connectivity index (χ1) is 14.4. The molecule has 0 bridgehead atoms. The monoisotopic (exact) mass is 501 g/mol. The SMILES string of the molecule is c1cc[c]([Sn]([S]c2nc3ccccc3o2)([c]2ccccc2)[c]2ccccc2)cc1. The van der Waals surface area contributed by atoms with E-state index in [9.17, 15) is 0 Å². The Kier molecular flexibility index (Phi) is 5.17. The number of benzene rings is 4. The molecule has 1 aromatic heterocycles. The van der Waals surface area contributed by atoms with Gasteiger partial charge in [0.1, 0.15) is 0 Å². The van der Waals surface area contributed by atoms with Gasteiger partial charge in [0.25, 0.3) is 0 Å². The van der Waals surface area contributed by atoms with E-state index in [0.29, 0.717) is 0 Å². The fourth-order valence-electron chi connectivity index (χ4n) is 3.72. The third-order valence-electron chi connectivity index (χ3n) is 5.06. The molecule has 0 saturated heterocycles. The van der Waals surface area contributed by atoms with E-state index in [4.69, 9.17) is 9.40 Å². The fourth-order valence-corrected chi connectivity index (χ4v) is 21.9. The molecule has 4 aromatic carbocycles. The minimum absolute atomic E-state index is 0.749. The summed E-state index contributed by atoms with van der Waals surface area (Å²) >= 11 is -3.48. The molecule has 0 fully saturated rings. The van der Waals surface area contributed by atoms with Crippen molar-refractivity contribution in [2.75, 3.05) is 0 Å². The average molecular weight is 500 g/mol. The summed E-state index contributed by atoms with van der Waals surface area (Å²) in [5.74, 6) is 0. The maximum absolute atomic E-state index is 6.19. The number of fused-ring (bicyclic) bond motifs is 1. The van der Waals surface area contributed by atoms with Gasteiger partial charge in [-0.15, -0.1) is 0 Å². The Morgan fingerprint density at radius 3 is 1.48 bits per heavy atom. The van der Waals surface area contributed by atoms with Crippen molar-refractivity contribution in [3.05, 3.63) is 115 Å². The first-order valence-electron chi connectivity index (χ1n) is 9.57. The third-order valence-corrected chi connectivity index (χ3v) is 24.4. The normalized spacial score (nSPS) is 11.6. The Labute approximate surface area is 176 Å². The summed E-state index contributed by atoms with van der Waals surface area (Å²) in [5, 5.41) is 0.749. The Bertz CT molecular complexity index is 1090. The summed E-state index contributed by atoms with van der Waals surface area (Å²) in [5.41, 5.74) is 1.74. The van der Waals surface area contributed by atoms with Crippen LogP contribution < -0.4 is 10.7 Å². The molecule has 0 N–H and O–H groups in total. The number of hydrogen-bond donors (Lipinski definition) is 0. The fraction of sp³-hybridized carbons (Fsp3) is 0. The summed E-state index contributed by atoms with van der Waals surface area (Å²) in [6.07, 6.45) is 0. The van der Waals surface area contributed by atoms with Crippen molar-refractivity contribution < 1.29 is 4.42 Å². The van der Waals surface area contributed by atoms with Crippen LogP contribution in [0.3, 0.4) is 0 Å². The van der Waals surface area contributed by atoms with Crippen molar-refractivity contribution in [1.82, 2.24) is 4.98 Å². The van der Waals surface area contributed by atoms with Crippen LogP contribution in [0.2, 0.25) is 0 Å². The molecular weight excluding hydrogens is 481 g/mol. The zero-order valence-electron chi connectivity index (χ0n) is 15.7. The average Bonchev–Trinajstić information content (AvgIpc) is 3.22. The standard InChI is InChI=1S/C7H5NOS.3C6H5.Sn/c10-7-8-5-3-1-2-4-6(5)9-7;3*1-2-4-6-5-3-1;/h1-4H,(H,8,10);3*1-5H;/q;;;;+1/p-1. The van der Waals surface area contributed by atoms with Crippen LogP contribution in [0.1, 0.15) is 0 Å². The Morgan fingerprint density at radius 1 is 0.552 bits per heavy atom. The third kappa shape index (κ3) is 3.49. The quantitative estimate of drug-likeness (QED) is 0.331. The van der Waals surface area contributed by atoms with Crippen molar-refractivity contribution in [3.63, 3.8) is 0 Å². The summed E-state index contributed by atoms with van der Waals surface area (Å²) in [7, 11) is 1.85. The van der Waals surface area contributed by atoms with Gasteiger partial charge in [0, 0.05) is 0 Å². The number of rotatable bonds is 5. The molecule has 4 heteroatoms. The zero-order chi connectivity index (χ0) is 19.5. The second-order valence-electron chi connectivity index (χ2n) is 6.83. The van der Waals surface area contributed by atoms with Crippen LogP contribution in [0.4, 0.5) is 0 Å². The first-order valence-corrected chi connectivity index (χ1v) is 18.2. The van der Waals surface area contributed by atoms with Gasteiger partial charge in [-0.2, -0.15) is 0 Å². The van der Waals surface area contributed by atoms with E-state index >= 15 is 0 Å². The Morgan fingerprint density at radius 2 is 1.00 bits per heavy atom. The van der Waals surface area contributed by atoms with Crippen LogP contribution in [0, 0.1) is 0 Å². The van der Waals surface area contributed by atoms with E-state index in [2.05, 4.69) is 91.0 Å². The molecule has 5 rings (SSSR count). The topological polar surface area (TPSA) is 26.0 Å². The van der Waals surface area contributed by atoms with Gasteiger partial charge in [-0.25, -0.2) is 0 Å². The van der Waals surface area contributed by atoms with E-state index in [-0.39, 0.29) is 0 Å². The number of hydrogen-bond acceptors (Lipinski definition) is 3. The molecule has 0 aliphatic heterocycles. The van der Waals surface area contributed by atoms with Gasteiger partial charge in [-0.3, -0.25) is 0 Å². The number of para-hydroxylation sites is 2. The zero-order valence-corrected chi connectivity index (χ0v) is 19.4. The van der Waals surface area contributed by atoms with Crippen LogP contribution >= 0.6 is 8.95 Å². The molecule has 5 aromatic rings. The van der Waals surface area contributed by atoms with Crippen molar-refractivity contribution in [2.24, 2.45) is 0 Å². The van der Waals surface area contributed by atoms with Crippen molar-refractivity contribution in [3.8, 4) is 0 Å². The summed E-state index contributed by atoms with van der Waals surface area (Å²) in [6, 6.07) is 40.7. The maximum atomic E-state index is 6.19. The molecular formula is C25H19NOSSn. The minimum atomic E-state index is -3.48. The molecule has 0 unspecified atom stereocenters. The van der Waals surface area contributed by atoms with E-state index in [0.717, 1.165) is 16.3 Å². The van der Waals surface area contributed by atoms with Crippen LogP contribution in [0.15, 0.2) is 125 Å². The number of oxazole rings is 1. The molecule has 29 heavy (non-hydrogen) atoms. The van der Waals surface area contributed by atoms with Crippen LogP contribution in [-0.2, 0) is 0 Å². The Hall–Kier alpha value is -2.50. The van der Waals surface area contributed by atoms with Crippen LogP contribution in [0.25, 0.3) is 11.1 Å². The second kappa shape index (κ2) is 8.09. The van der Waals surface area contributed by atoms with Gasteiger partial charge in [0.05, 0.1) is 0 Å². The van der Waals surface area contributed by atoms with E-state index < -0.39 is 17.0 Å². The Balaban J connectivity index is 1.77. The van der Waals surface area contributed by atoms with E-state index in [1.165, 1.54) is 10.7 Å². The van der Waals surface area contributed by atoms with Gasteiger partial charge in [-0.1, -0.05) is 0 Å². The van der Waals surface area contributed by atoms with Gasteiger partial charge < -0.3 is 0 Å². The van der Waals surface area contributed by atoms with E-state index in [1.54, 1.807) is 0 Å². The predicted molar refractivity (Wildman–Crippen MR) is 124 cm³/mol. The van der Waals surface area contributed by atoms with Gasteiger partial charge in [0.15, 0.2) is 0 Å². The number of nitrogens with zero attached hydrogens (tertiary/aromatic N) is 1. The summed E-state index contributed by atoms with van der Waals surface area (Å²) in [4.78, 5) is 4.82. The van der Waals surface area contributed by atoms with Crippen molar-refractivity contribution in [1.29, 1.82) is 0 Å². The molecule has 0 amide bonds. The molecule has 1 heterocycles. The summed E-state index contributed by atoms with van der Waals surface area (Å²) < 4.78 is 10.4. The van der Waals surface area contributed by atoms with E-state index in [1.807, 2.05) is 33.2 Å². The van der Waals surface area contributed by atoms with Crippen molar-refractivity contribution >= 4 is 47.8 Å². The molecule has 0 aliphatic carbocycles. The van der Waals surface area contributed by atoms with Crippen LogP contribution in [0.5, 0.6) is 0 Å². The van der Waals surface area contributed by atoms with Gasteiger partial charge in [0.2, 0.25) is 0 Å². The van der Waals surface area contributed by atoms with Crippen molar-refractivity contribution in [2.45, 2.75) is 5.22 Å². The molecule has 0 aliphatic rings. The van der Waals surface area contributed by atoms with Gasteiger partial charge >= 0.3 is 178 Å². The molecule has 140 valence electrons. The molecule has 0 radical (unpaired) electrons. The summed E-state index contributed by atoms with van der Waals surface area (Å²) in [6.45, 7) is 0. The molecule has 0 saturated carbocycles. The first kappa shape index (κ1) is 18.5. The van der Waals surface area contributed by atoms with Crippen LogP contribution in [-0.4, -0.2) is 22.0 Å². The molecule has 0 atom stereocenters.